The Bertz CT molecular complexity index is 888. The zero-order valence-electron chi connectivity index (χ0n) is 11.9. The molecular weight excluding hydrogens is 268 g/mol. The van der Waals surface area contributed by atoms with Gasteiger partial charge in [0, 0.05) is 12.6 Å². The van der Waals surface area contributed by atoms with Crippen LogP contribution < -0.4 is 5.32 Å². The third-order valence-electron chi connectivity index (χ3n) is 3.97. The second-order valence-electron chi connectivity index (χ2n) is 5.83. The molecule has 0 saturated heterocycles. The standard InChI is InChI=1S/C15H14N4O2/c1-7-16-12(6-21-7)13-17-10-4-8-9(5-11(10)18-13)19-14(20)15(8,2)3/h4-6H,1-3H3,(H,17,18)(H,19,20). The highest BCUT2D eigenvalue weighted by Gasteiger charge is 2.38. The predicted molar refractivity (Wildman–Crippen MR) is 78.0 cm³/mol. The van der Waals surface area contributed by atoms with Crippen LogP contribution in [0, 0.1) is 6.92 Å². The summed E-state index contributed by atoms with van der Waals surface area (Å²) in [6.07, 6.45) is 1.58. The van der Waals surface area contributed by atoms with Crippen molar-refractivity contribution in [1.29, 1.82) is 0 Å². The first-order chi connectivity index (χ1) is 9.95. The molecule has 0 saturated carbocycles. The maximum Gasteiger partial charge on any atom is 0.234 e. The molecule has 1 aliphatic rings. The number of hydrogen-bond acceptors (Lipinski definition) is 4. The lowest BCUT2D eigenvalue weighted by Gasteiger charge is -2.14. The number of oxazole rings is 1. The van der Waals surface area contributed by atoms with Crippen LogP contribution in [0.2, 0.25) is 0 Å². The number of aromatic nitrogens is 3. The summed E-state index contributed by atoms with van der Waals surface area (Å²) in [5.41, 5.74) is 3.62. The summed E-state index contributed by atoms with van der Waals surface area (Å²) < 4.78 is 5.21. The van der Waals surface area contributed by atoms with E-state index < -0.39 is 5.41 Å². The number of nitrogens with one attached hydrogen (secondary N) is 2. The zero-order chi connectivity index (χ0) is 14.8. The van der Waals surface area contributed by atoms with Gasteiger partial charge in [0.1, 0.15) is 12.0 Å². The number of benzene rings is 1. The third kappa shape index (κ3) is 1.62. The number of amides is 1. The van der Waals surface area contributed by atoms with Crippen molar-refractivity contribution in [2.45, 2.75) is 26.2 Å². The second kappa shape index (κ2) is 3.72. The topological polar surface area (TPSA) is 83.8 Å². The van der Waals surface area contributed by atoms with Gasteiger partial charge in [-0.05, 0) is 31.5 Å². The first-order valence-corrected chi connectivity index (χ1v) is 6.73. The Morgan fingerprint density at radius 2 is 2.05 bits per heavy atom. The first-order valence-electron chi connectivity index (χ1n) is 6.73. The molecule has 0 bridgehead atoms. The van der Waals surface area contributed by atoms with Crippen molar-refractivity contribution in [2.75, 3.05) is 5.32 Å². The lowest BCUT2D eigenvalue weighted by Crippen LogP contribution is -2.26. The van der Waals surface area contributed by atoms with Crippen LogP contribution in [0.5, 0.6) is 0 Å². The van der Waals surface area contributed by atoms with Gasteiger partial charge in [0.2, 0.25) is 5.91 Å². The SMILES string of the molecule is Cc1nc(-c2nc3cc4c(cc3[nH]2)NC(=O)C4(C)C)co1. The number of aryl methyl sites for hydroxylation is 1. The Kier molecular flexibility index (Phi) is 2.15. The molecule has 0 aliphatic carbocycles. The average molecular weight is 282 g/mol. The molecule has 0 radical (unpaired) electrons. The number of anilines is 1. The molecule has 106 valence electrons. The minimum absolute atomic E-state index is 0.0116. The molecule has 4 rings (SSSR count). The van der Waals surface area contributed by atoms with Gasteiger partial charge in [-0.15, -0.1) is 0 Å². The number of hydrogen-bond donors (Lipinski definition) is 2. The molecule has 0 fully saturated rings. The van der Waals surface area contributed by atoms with Crippen molar-refractivity contribution < 1.29 is 9.21 Å². The molecule has 1 amide bonds. The van der Waals surface area contributed by atoms with Gasteiger partial charge in [-0.1, -0.05) is 0 Å². The largest absolute Gasteiger partial charge is 0.449 e. The molecule has 0 atom stereocenters. The molecule has 1 aliphatic heterocycles. The van der Waals surface area contributed by atoms with Crippen LogP contribution in [0.4, 0.5) is 5.69 Å². The minimum Gasteiger partial charge on any atom is -0.449 e. The first kappa shape index (κ1) is 12.1. The number of carbonyl (C=O) groups is 1. The van der Waals surface area contributed by atoms with Gasteiger partial charge in [0.15, 0.2) is 11.7 Å². The number of rotatable bonds is 1. The lowest BCUT2D eigenvalue weighted by atomic mass is 9.86. The van der Waals surface area contributed by atoms with Gasteiger partial charge in [-0.2, -0.15) is 0 Å². The van der Waals surface area contributed by atoms with Crippen LogP contribution in [0.25, 0.3) is 22.6 Å². The summed E-state index contributed by atoms with van der Waals surface area (Å²) in [5, 5.41) is 2.91. The van der Waals surface area contributed by atoms with Gasteiger partial charge >= 0.3 is 0 Å². The number of fused-ring (bicyclic) bond motifs is 2. The maximum atomic E-state index is 12.0. The van der Waals surface area contributed by atoms with Gasteiger partial charge in [-0.25, -0.2) is 9.97 Å². The fourth-order valence-electron chi connectivity index (χ4n) is 2.67. The van der Waals surface area contributed by atoms with E-state index in [2.05, 4.69) is 20.3 Å². The summed E-state index contributed by atoms with van der Waals surface area (Å²) in [4.78, 5) is 24.0. The smallest absolute Gasteiger partial charge is 0.234 e. The summed E-state index contributed by atoms with van der Waals surface area (Å²) in [5.74, 6) is 1.27. The molecule has 2 aromatic heterocycles. The lowest BCUT2D eigenvalue weighted by molar-refractivity contribution is -0.119. The van der Waals surface area contributed by atoms with E-state index in [-0.39, 0.29) is 5.91 Å². The van der Waals surface area contributed by atoms with Crippen molar-refractivity contribution in [3.63, 3.8) is 0 Å². The van der Waals surface area contributed by atoms with Gasteiger partial charge < -0.3 is 14.7 Å². The summed E-state index contributed by atoms with van der Waals surface area (Å²) in [7, 11) is 0. The number of nitrogens with zero attached hydrogens (tertiary/aromatic N) is 2. The molecule has 3 aromatic rings. The molecular formula is C15H14N4O2. The Labute approximate surface area is 120 Å². The zero-order valence-corrected chi connectivity index (χ0v) is 11.9. The van der Waals surface area contributed by atoms with Crippen molar-refractivity contribution in [1.82, 2.24) is 15.0 Å². The highest BCUT2D eigenvalue weighted by Crippen LogP contribution is 2.39. The number of aromatic amines is 1. The van der Waals surface area contributed by atoms with Gasteiger partial charge in [0.05, 0.1) is 16.4 Å². The Balaban J connectivity index is 1.90. The molecule has 0 unspecified atom stereocenters. The Morgan fingerprint density at radius 1 is 1.24 bits per heavy atom. The van der Waals surface area contributed by atoms with Crippen LogP contribution in [0.1, 0.15) is 25.3 Å². The molecule has 1 aromatic carbocycles. The molecule has 0 spiro atoms. The molecule has 2 N–H and O–H groups in total. The van der Waals surface area contributed by atoms with E-state index >= 15 is 0 Å². The van der Waals surface area contributed by atoms with Crippen molar-refractivity contribution in [2.24, 2.45) is 0 Å². The van der Waals surface area contributed by atoms with E-state index in [0.29, 0.717) is 17.4 Å². The van der Waals surface area contributed by atoms with Crippen LogP contribution >= 0.6 is 0 Å². The quantitative estimate of drug-likeness (QED) is 0.718. The molecule has 6 heteroatoms. The maximum absolute atomic E-state index is 12.0. The summed E-state index contributed by atoms with van der Waals surface area (Å²) >= 11 is 0. The van der Waals surface area contributed by atoms with Crippen molar-refractivity contribution in [3.8, 4) is 11.5 Å². The number of H-pyrrole nitrogens is 1. The van der Waals surface area contributed by atoms with E-state index in [1.807, 2.05) is 26.0 Å². The minimum atomic E-state index is -0.535. The molecule has 21 heavy (non-hydrogen) atoms. The third-order valence-corrected chi connectivity index (χ3v) is 3.97. The number of carbonyl (C=O) groups excluding carboxylic acids is 1. The van der Waals surface area contributed by atoms with Gasteiger partial charge in [-0.3, -0.25) is 4.79 Å². The van der Waals surface area contributed by atoms with Crippen molar-refractivity contribution in [3.05, 3.63) is 29.9 Å². The highest BCUT2D eigenvalue weighted by atomic mass is 16.3. The Hall–Kier alpha value is -2.63. The van der Waals surface area contributed by atoms with Crippen LogP contribution in [-0.2, 0) is 10.2 Å². The van der Waals surface area contributed by atoms with E-state index in [9.17, 15) is 4.79 Å². The van der Waals surface area contributed by atoms with Crippen LogP contribution in [0.3, 0.4) is 0 Å². The van der Waals surface area contributed by atoms with E-state index in [0.717, 1.165) is 22.3 Å². The van der Waals surface area contributed by atoms with E-state index in [1.54, 1.807) is 13.2 Å². The average Bonchev–Trinajstić information content (AvgIpc) is 3.07. The fourth-order valence-corrected chi connectivity index (χ4v) is 2.67. The van der Waals surface area contributed by atoms with E-state index in [4.69, 9.17) is 4.42 Å². The van der Waals surface area contributed by atoms with Crippen LogP contribution in [-0.4, -0.2) is 20.9 Å². The fraction of sp³-hybridized carbons (Fsp3) is 0.267. The van der Waals surface area contributed by atoms with Crippen molar-refractivity contribution >= 4 is 22.6 Å². The monoisotopic (exact) mass is 282 g/mol. The van der Waals surface area contributed by atoms with Gasteiger partial charge in [0.25, 0.3) is 0 Å². The predicted octanol–water partition coefficient (Wildman–Crippen LogP) is 2.76. The van der Waals surface area contributed by atoms with E-state index in [1.165, 1.54) is 0 Å². The number of imidazole rings is 1. The van der Waals surface area contributed by atoms with Crippen LogP contribution in [0.15, 0.2) is 22.8 Å². The Morgan fingerprint density at radius 3 is 2.76 bits per heavy atom. The highest BCUT2D eigenvalue weighted by molar-refractivity contribution is 6.07. The molecule has 3 heterocycles. The molecule has 6 nitrogen and oxygen atoms in total. The normalized spacial score (nSPS) is 16.2. The summed E-state index contributed by atoms with van der Waals surface area (Å²) in [6, 6.07) is 3.87. The second-order valence-corrected chi connectivity index (χ2v) is 5.83. The summed E-state index contributed by atoms with van der Waals surface area (Å²) in [6.45, 7) is 5.61.